The average molecular weight is 404 g/mol. The lowest BCUT2D eigenvalue weighted by molar-refractivity contribution is -0.144. The summed E-state index contributed by atoms with van der Waals surface area (Å²) in [5, 5.41) is 0. The Morgan fingerprint density at radius 2 is 1.72 bits per heavy atom. The van der Waals surface area contributed by atoms with Gasteiger partial charge in [0.25, 0.3) is 0 Å². The van der Waals surface area contributed by atoms with Crippen LogP contribution in [0.4, 0.5) is 10.1 Å². The summed E-state index contributed by atoms with van der Waals surface area (Å²) < 4.78 is 14.0. The number of rotatable bonds is 8. The van der Waals surface area contributed by atoms with Crippen molar-refractivity contribution >= 4 is 17.5 Å². The highest BCUT2D eigenvalue weighted by molar-refractivity contribution is 5.88. The molecule has 0 aromatic heterocycles. The first-order valence-electron chi connectivity index (χ1n) is 11.2. The van der Waals surface area contributed by atoms with Gasteiger partial charge in [-0.1, -0.05) is 44.7 Å². The summed E-state index contributed by atoms with van der Waals surface area (Å²) >= 11 is 0. The highest BCUT2D eigenvalue weighted by Gasteiger charge is 2.37. The number of piperazine rings is 1. The van der Waals surface area contributed by atoms with Crippen molar-refractivity contribution in [2.75, 3.05) is 37.6 Å². The fourth-order valence-electron chi connectivity index (χ4n) is 4.43. The van der Waals surface area contributed by atoms with Gasteiger partial charge >= 0.3 is 0 Å². The molecule has 2 aliphatic rings. The maximum Gasteiger partial charge on any atom is 0.245 e. The number of carbonyl (C=O) groups is 2. The van der Waals surface area contributed by atoms with Crippen LogP contribution in [0.2, 0.25) is 0 Å². The van der Waals surface area contributed by atoms with E-state index >= 15 is 0 Å². The van der Waals surface area contributed by atoms with Crippen molar-refractivity contribution in [3.8, 4) is 0 Å². The smallest absolute Gasteiger partial charge is 0.245 e. The molecule has 3 rings (SSSR count). The minimum absolute atomic E-state index is 0.0648. The van der Waals surface area contributed by atoms with Gasteiger partial charge in [-0.3, -0.25) is 9.59 Å². The quantitative estimate of drug-likeness (QED) is 0.620. The van der Waals surface area contributed by atoms with Gasteiger partial charge in [0, 0.05) is 39.1 Å². The van der Waals surface area contributed by atoms with Crippen LogP contribution >= 0.6 is 0 Å². The molecule has 1 aromatic rings. The Morgan fingerprint density at radius 1 is 1.00 bits per heavy atom. The standard InChI is InChI=1S/C23H34FN3O2/c1-2-3-4-5-6-13-22(28)27-14-9-12-21(27)23(29)26-17-15-25(16-18-26)20-11-8-7-10-19(20)24/h7-8,10-11,21H,2-6,9,12-18H2,1H3. The third-order valence-corrected chi connectivity index (χ3v) is 6.14. The summed E-state index contributed by atoms with van der Waals surface area (Å²) in [4.78, 5) is 31.4. The van der Waals surface area contributed by atoms with Crippen molar-refractivity contribution < 1.29 is 14.0 Å². The molecule has 2 fully saturated rings. The molecule has 5 nitrogen and oxygen atoms in total. The fraction of sp³-hybridized carbons (Fsp3) is 0.652. The molecule has 1 aromatic carbocycles. The van der Waals surface area contributed by atoms with E-state index in [4.69, 9.17) is 0 Å². The third-order valence-electron chi connectivity index (χ3n) is 6.14. The van der Waals surface area contributed by atoms with Crippen LogP contribution in [0.25, 0.3) is 0 Å². The van der Waals surface area contributed by atoms with E-state index in [-0.39, 0.29) is 23.7 Å². The molecule has 29 heavy (non-hydrogen) atoms. The number of hydrogen-bond donors (Lipinski definition) is 0. The van der Waals surface area contributed by atoms with Gasteiger partial charge in [-0.2, -0.15) is 0 Å². The van der Waals surface area contributed by atoms with Gasteiger partial charge in [0.2, 0.25) is 11.8 Å². The van der Waals surface area contributed by atoms with Gasteiger partial charge in [-0.05, 0) is 31.4 Å². The second-order valence-electron chi connectivity index (χ2n) is 8.17. The first-order chi connectivity index (χ1) is 14.1. The van der Waals surface area contributed by atoms with Crippen LogP contribution in [-0.4, -0.2) is 60.4 Å². The molecule has 6 heteroatoms. The van der Waals surface area contributed by atoms with Crippen LogP contribution in [0.5, 0.6) is 0 Å². The van der Waals surface area contributed by atoms with Crippen molar-refractivity contribution in [1.29, 1.82) is 0 Å². The SMILES string of the molecule is CCCCCCCC(=O)N1CCCC1C(=O)N1CCN(c2ccccc2F)CC1. The molecule has 2 aliphatic heterocycles. The summed E-state index contributed by atoms with van der Waals surface area (Å²) in [6.07, 6.45) is 7.80. The lowest BCUT2D eigenvalue weighted by Crippen LogP contribution is -2.54. The average Bonchev–Trinajstić information content (AvgIpc) is 3.23. The molecule has 0 spiro atoms. The predicted molar refractivity (Wildman–Crippen MR) is 113 cm³/mol. The van der Waals surface area contributed by atoms with E-state index in [1.54, 1.807) is 12.1 Å². The minimum atomic E-state index is -0.307. The Morgan fingerprint density at radius 3 is 2.45 bits per heavy atom. The van der Waals surface area contributed by atoms with E-state index in [1.807, 2.05) is 20.8 Å². The van der Waals surface area contributed by atoms with Crippen LogP contribution in [-0.2, 0) is 9.59 Å². The normalized spacial score (nSPS) is 19.7. The maximum absolute atomic E-state index is 14.0. The second kappa shape index (κ2) is 10.6. The van der Waals surface area contributed by atoms with E-state index in [9.17, 15) is 14.0 Å². The van der Waals surface area contributed by atoms with Crippen molar-refractivity contribution in [2.24, 2.45) is 0 Å². The van der Waals surface area contributed by atoms with Crippen LogP contribution < -0.4 is 4.90 Å². The lowest BCUT2D eigenvalue weighted by atomic mass is 10.1. The number of unbranched alkanes of at least 4 members (excludes halogenated alkanes) is 4. The number of benzene rings is 1. The zero-order valence-corrected chi connectivity index (χ0v) is 17.6. The number of para-hydroxylation sites is 1. The Hall–Kier alpha value is -2.11. The maximum atomic E-state index is 14.0. The minimum Gasteiger partial charge on any atom is -0.366 e. The molecular formula is C23H34FN3O2. The Kier molecular flexibility index (Phi) is 7.90. The summed E-state index contributed by atoms with van der Waals surface area (Å²) in [7, 11) is 0. The molecule has 2 heterocycles. The molecule has 1 atom stereocenters. The summed E-state index contributed by atoms with van der Waals surface area (Å²) in [5.41, 5.74) is 0.598. The molecule has 2 amide bonds. The molecule has 1 unspecified atom stereocenters. The van der Waals surface area contributed by atoms with Crippen LogP contribution in [0, 0.1) is 5.82 Å². The molecule has 160 valence electrons. The number of carbonyl (C=O) groups excluding carboxylic acids is 2. The predicted octanol–water partition coefficient (Wildman–Crippen LogP) is 3.83. The Balaban J connectivity index is 1.49. The monoisotopic (exact) mass is 403 g/mol. The Bertz CT molecular complexity index is 688. The number of halogens is 1. The van der Waals surface area contributed by atoms with Gasteiger partial charge in [0.05, 0.1) is 5.69 Å². The van der Waals surface area contributed by atoms with E-state index < -0.39 is 0 Å². The van der Waals surface area contributed by atoms with Crippen molar-refractivity contribution in [1.82, 2.24) is 9.80 Å². The molecule has 2 saturated heterocycles. The summed E-state index contributed by atoms with van der Waals surface area (Å²) in [5.74, 6) is -0.0314. The molecular weight excluding hydrogens is 369 g/mol. The number of likely N-dealkylation sites (tertiary alicyclic amines) is 1. The highest BCUT2D eigenvalue weighted by Crippen LogP contribution is 2.24. The fourth-order valence-corrected chi connectivity index (χ4v) is 4.43. The lowest BCUT2D eigenvalue weighted by Gasteiger charge is -2.38. The topological polar surface area (TPSA) is 43.9 Å². The molecule has 0 radical (unpaired) electrons. The van der Waals surface area contributed by atoms with Gasteiger partial charge in [-0.25, -0.2) is 4.39 Å². The zero-order valence-electron chi connectivity index (χ0n) is 17.6. The van der Waals surface area contributed by atoms with E-state index in [0.29, 0.717) is 44.8 Å². The van der Waals surface area contributed by atoms with Crippen LogP contribution in [0.1, 0.15) is 58.3 Å². The zero-order chi connectivity index (χ0) is 20.6. The van der Waals surface area contributed by atoms with Crippen LogP contribution in [0.15, 0.2) is 24.3 Å². The van der Waals surface area contributed by atoms with Gasteiger partial charge in [-0.15, -0.1) is 0 Å². The molecule has 0 aliphatic carbocycles. The molecule has 0 bridgehead atoms. The second-order valence-corrected chi connectivity index (χ2v) is 8.17. The summed E-state index contributed by atoms with van der Waals surface area (Å²) in [6.45, 7) is 5.25. The Labute approximate surface area is 173 Å². The van der Waals surface area contributed by atoms with Crippen molar-refractivity contribution in [2.45, 2.75) is 64.3 Å². The van der Waals surface area contributed by atoms with Gasteiger partial charge in [0.1, 0.15) is 11.9 Å². The molecule has 0 saturated carbocycles. The number of anilines is 1. The first kappa shape index (κ1) is 21.6. The van der Waals surface area contributed by atoms with E-state index in [2.05, 4.69) is 6.92 Å². The third kappa shape index (κ3) is 5.49. The number of hydrogen-bond acceptors (Lipinski definition) is 3. The van der Waals surface area contributed by atoms with Crippen LogP contribution in [0.3, 0.4) is 0 Å². The summed E-state index contributed by atoms with van der Waals surface area (Å²) in [6, 6.07) is 6.47. The van der Waals surface area contributed by atoms with E-state index in [1.165, 1.54) is 25.3 Å². The first-order valence-corrected chi connectivity index (χ1v) is 11.2. The van der Waals surface area contributed by atoms with Crippen molar-refractivity contribution in [3.63, 3.8) is 0 Å². The highest BCUT2D eigenvalue weighted by atomic mass is 19.1. The number of amides is 2. The largest absolute Gasteiger partial charge is 0.366 e. The van der Waals surface area contributed by atoms with Gasteiger partial charge < -0.3 is 14.7 Å². The molecule has 0 N–H and O–H groups in total. The van der Waals surface area contributed by atoms with E-state index in [0.717, 1.165) is 25.7 Å². The van der Waals surface area contributed by atoms with Gasteiger partial charge in [0.15, 0.2) is 0 Å². The van der Waals surface area contributed by atoms with Crippen molar-refractivity contribution in [3.05, 3.63) is 30.1 Å². The number of nitrogens with zero attached hydrogens (tertiary/aromatic N) is 3.